The lowest BCUT2D eigenvalue weighted by Crippen LogP contribution is -2.21. The highest BCUT2D eigenvalue weighted by molar-refractivity contribution is 8.01. The van der Waals surface area contributed by atoms with Crippen LogP contribution in [-0.2, 0) is 9.53 Å². The Hall–Kier alpha value is -0.590. The lowest BCUT2D eigenvalue weighted by atomic mass is 10.2. The SMILES string of the molecule is Cc1csc(SCC2CCC(C(=O)O)O2)n1. The van der Waals surface area contributed by atoms with E-state index in [1.165, 1.54) is 0 Å². The molecule has 1 fully saturated rings. The molecule has 1 saturated heterocycles. The van der Waals surface area contributed by atoms with Gasteiger partial charge in [0.1, 0.15) is 4.34 Å². The highest BCUT2D eigenvalue weighted by Gasteiger charge is 2.30. The first-order valence-corrected chi connectivity index (χ1v) is 6.95. The van der Waals surface area contributed by atoms with Crippen molar-refractivity contribution < 1.29 is 14.6 Å². The summed E-state index contributed by atoms with van der Waals surface area (Å²) in [5.41, 5.74) is 1.03. The van der Waals surface area contributed by atoms with Crippen LogP contribution in [-0.4, -0.2) is 34.0 Å². The number of thiazole rings is 1. The van der Waals surface area contributed by atoms with E-state index in [2.05, 4.69) is 4.98 Å². The van der Waals surface area contributed by atoms with E-state index in [-0.39, 0.29) is 6.10 Å². The number of hydrogen-bond donors (Lipinski definition) is 1. The lowest BCUT2D eigenvalue weighted by molar-refractivity contribution is -0.148. The van der Waals surface area contributed by atoms with Gasteiger partial charge < -0.3 is 9.84 Å². The van der Waals surface area contributed by atoms with Crippen molar-refractivity contribution in [1.82, 2.24) is 4.98 Å². The average molecular weight is 259 g/mol. The molecule has 2 rings (SSSR count). The second kappa shape index (κ2) is 5.16. The number of ether oxygens (including phenoxy) is 1. The van der Waals surface area contributed by atoms with Gasteiger partial charge in [0.2, 0.25) is 0 Å². The summed E-state index contributed by atoms with van der Waals surface area (Å²) in [5.74, 6) is -0.0610. The van der Waals surface area contributed by atoms with Gasteiger partial charge in [0.15, 0.2) is 6.10 Å². The van der Waals surface area contributed by atoms with Crippen LogP contribution in [0.4, 0.5) is 0 Å². The Kier molecular flexibility index (Phi) is 3.83. The number of carbonyl (C=O) groups is 1. The van der Waals surface area contributed by atoms with E-state index in [4.69, 9.17) is 9.84 Å². The molecule has 1 aliphatic heterocycles. The minimum atomic E-state index is -0.849. The van der Waals surface area contributed by atoms with E-state index in [0.29, 0.717) is 6.42 Å². The summed E-state index contributed by atoms with van der Waals surface area (Å²) in [6.45, 7) is 1.97. The zero-order valence-electron chi connectivity index (χ0n) is 8.88. The van der Waals surface area contributed by atoms with E-state index in [1.54, 1.807) is 23.1 Å². The highest BCUT2D eigenvalue weighted by atomic mass is 32.2. The molecule has 0 saturated carbocycles. The summed E-state index contributed by atoms with van der Waals surface area (Å²) in [6, 6.07) is 0. The van der Waals surface area contributed by atoms with Gasteiger partial charge in [-0.25, -0.2) is 9.78 Å². The van der Waals surface area contributed by atoms with Crippen LogP contribution in [0.5, 0.6) is 0 Å². The van der Waals surface area contributed by atoms with Gasteiger partial charge in [-0.05, 0) is 19.8 Å². The Labute approximate surface area is 102 Å². The number of hydrogen-bond acceptors (Lipinski definition) is 5. The molecule has 1 aromatic rings. The smallest absolute Gasteiger partial charge is 0.332 e. The molecule has 0 aromatic carbocycles. The first-order chi connectivity index (χ1) is 7.65. The second-order valence-corrected chi connectivity index (χ2v) is 5.85. The Balaban J connectivity index is 1.77. The van der Waals surface area contributed by atoms with Gasteiger partial charge in [-0.1, -0.05) is 11.8 Å². The lowest BCUT2D eigenvalue weighted by Gasteiger charge is -2.09. The Morgan fingerprint density at radius 3 is 3.12 bits per heavy atom. The fourth-order valence-electron chi connectivity index (χ4n) is 1.57. The van der Waals surface area contributed by atoms with Crippen molar-refractivity contribution in [1.29, 1.82) is 0 Å². The topological polar surface area (TPSA) is 59.4 Å². The Bertz CT molecular complexity index is 380. The molecule has 4 nitrogen and oxygen atoms in total. The molecule has 0 aliphatic carbocycles. The fourth-order valence-corrected chi connectivity index (χ4v) is 3.50. The van der Waals surface area contributed by atoms with Crippen LogP contribution in [0, 0.1) is 6.92 Å². The molecule has 6 heteroatoms. The maximum Gasteiger partial charge on any atom is 0.332 e. The summed E-state index contributed by atoms with van der Waals surface area (Å²) in [4.78, 5) is 15.0. The molecule has 2 heterocycles. The van der Waals surface area contributed by atoms with Crippen molar-refractivity contribution in [3.63, 3.8) is 0 Å². The molecule has 0 amide bonds. The van der Waals surface area contributed by atoms with Gasteiger partial charge in [0, 0.05) is 16.8 Å². The van der Waals surface area contributed by atoms with Gasteiger partial charge in [-0.2, -0.15) is 0 Å². The fraction of sp³-hybridized carbons (Fsp3) is 0.600. The molecule has 2 unspecified atom stereocenters. The normalized spacial score (nSPS) is 24.8. The van der Waals surface area contributed by atoms with E-state index < -0.39 is 12.1 Å². The summed E-state index contributed by atoms with van der Waals surface area (Å²) >= 11 is 3.26. The number of aromatic nitrogens is 1. The quantitative estimate of drug-likeness (QED) is 0.840. The van der Waals surface area contributed by atoms with Crippen LogP contribution in [0.3, 0.4) is 0 Å². The average Bonchev–Trinajstić information content (AvgIpc) is 2.83. The van der Waals surface area contributed by atoms with Crippen molar-refractivity contribution in [3.05, 3.63) is 11.1 Å². The van der Waals surface area contributed by atoms with E-state index in [1.807, 2.05) is 12.3 Å². The van der Waals surface area contributed by atoms with E-state index >= 15 is 0 Å². The molecule has 0 radical (unpaired) electrons. The third-order valence-electron chi connectivity index (χ3n) is 2.37. The third-order valence-corrected chi connectivity index (χ3v) is 4.64. The minimum Gasteiger partial charge on any atom is -0.479 e. The molecule has 1 aromatic heterocycles. The molecule has 1 aliphatic rings. The zero-order valence-corrected chi connectivity index (χ0v) is 10.5. The molecule has 0 bridgehead atoms. The minimum absolute atomic E-state index is 0.0512. The number of rotatable bonds is 4. The molecular formula is C10H13NO3S2. The third kappa shape index (κ3) is 2.96. The second-order valence-electron chi connectivity index (χ2n) is 3.73. The van der Waals surface area contributed by atoms with Crippen LogP contribution >= 0.6 is 23.1 Å². The number of thioether (sulfide) groups is 1. The zero-order chi connectivity index (χ0) is 11.5. The largest absolute Gasteiger partial charge is 0.479 e. The van der Waals surface area contributed by atoms with E-state index in [9.17, 15) is 4.79 Å². The predicted molar refractivity (Wildman–Crippen MR) is 63.1 cm³/mol. The van der Waals surface area contributed by atoms with Gasteiger partial charge in [0.05, 0.1) is 6.10 Å². The number of nitrogens with zero attached hydrogens (tertiary/aromatic N) is 1. The molecule has 16 heavy (non-hydrogen) atoms. The van der Waals surface area contributed by atoms with Gasteiger partial charge in [-0.3, -0.25) is 0 Å². The molecule has 2 atom stereocenters. The summed E-state index contributed by atoms with van der Waals surface area (Å²) in [6.07, 6.45) is 0.894. The number of aryl methyl sites for hydroxylation is 1. The standard InChI is InChI=1S/C10H13NO3S2/c1-6-4-15-10(11-6)16-5-7-2-3-8(14-7)9(12)13/h4,7-8H,2-3,5H2,1H3,(H,12,13). The molecule has 1 N–H and O–H groups in total. The molecule has 0 spiro atoms. The summed E-state index contributed by atoms with van der Waals surface area (Å²) in [5, 5.41) is 10.8. The maximum atomic E-state index is 10.7. The Morgan fingerprint density at radius 1 is 1.75 bits per heavy atom. The van der Waals surface area contributed by atoms with Gasteiger partial charge in [0.25, 0.3) is 0 Å². The van der Waals surface area contributed by atoms with Crippen molar-refractivity contribution in [2.45, 2.75) is 36.3 Å². The van der Waals surface area contributed by atoms with Gasteiger partial charge >= 0.3 is 5.97 Å². The maximum absolute atomic E-state index is 10.7. The first-order valence-electron chi connectivity index (χ1n) is 5.08. The number of aliphatic carboxylic acids is 1. The summed E-state index contributed by atoms with van der Waals surface area (Å²) < 4.78 is 6.44. The van der Waals surface area contributed by atoms with Crippen molar-refractivity contribution in [2.24, 2.45) is 0 Å². The van der Waals surface area contributed by atoms with Crippen LogP contribution in [0.15, 0.2) is 9.72 Å². The van der Waals surface area contributed by atoms with Crippen LogP contribution in [0.1, 0.15) is 18.5 Å². The van der Waals surface area contributed by atoms with Crippen LogP contribution in [0.25, 0.3) is 0 Å². The van der Waals surface area contributed by atoms with Crippen molar-refractivity contribution in [3.8, 4) is 0 Å². The number of carboxylic acid groups (broad SMARTS) is 1. The van der Waals surface area contributed by atoms with Crippen LogP contribution in [0.2, 0.25) is 0 Å². The summed E-state index contributed by atoms with van der Waals surface area (Å²) in [7, 11) is 0. The predicted octanol–water partition coefficient (Wildman–Crippen LogP) is 2.18. The van der Waals surface area contributed by atoms with Crippen molar-refractivity contribution >= 4 is 29.1 Å². The molecular weight excluding hydrogens is 246 g/mol. The number of carboxylic acids is 1. The van der Waals surface area contributed by atoms with Crippen LogP contribution < -0.4 is 0 Å². The van der Waals surface area contributed by atoms with Gasteiger partial charge in [-0.15, -0.1) is 11.3 Å². The van der Waals surface area contributed by atoms with Crippen molar-refractivity contribution in [2.75, 3.05) is 5.75 Å². The highest BCUT2D eigenvalue weighted by Crippen LogP contribution is 2.28. The Morgan fingerprint density at radius 2 is 2.56 bits per heavy atom. The molecule has 88 valence electrons. The monoisotopic (exact) mass is 259 g/mol. The first kappa shape index (κ1) is 11.9. The van der Waals surface area contributed by atoms with E-state index in [0.717, 1.165) is 22.2 Å².